The number of ether oxygens (including phenoxy) is 2. The van der Waals surface area contributed by atoms with E-state index in [1.165, 1.54) is 4.90 Å². The van der Waals surface area contributed by atoms with Gasteiger partial charge < -0.3 is 28.6 Å². The van der Waals surface area contributed by atoms with Crippen LogP contribution < -0.4 is 4.74 Å². The first kappa shape index (κ1) is 33.2. The molecule has 4 aromatic rings. The summed E-state index contributed by atoms with van der Waals surface area (Å²) in [5.74, 6) is 0.519. The van der Waals surface area contributed by atoms with E-state index in [4.69, 9.17) is 13.9 Å². The number of hydrogen-bond donors (Lipinski definition) is 0. The first-order valence-corrected chi connectivity index (χ1v) is 15.8. The molecule has 244 valence electrons. The van der Waals surface area contributed by atoms with E-state index in [0.29, 0.717) is 48.2 Å². The van der Waals surface area contributed by atoms with Crippen molar-refractivity contribution >= 4 is 17.8 Å². The summed E-state index contributed by atoms with van der Waals surface area (Å²) >= 11 is 0. The molecule has 3 aromatic carbocycles. The van der Waals surface area contributed by atoms with Crippen LogP contribution in [-0.2, 0) is 27.4 Å². The van der Waals surface area contributed by atoms with Gasteiger partial charge in [-0.25, -0.2) is 4.79 Å². The lowest BCUT2D eigenvalue weighted by Crippen LogP contribution is -2.38. The molecule has 47 heavy (non-hydrogen) atoms. The average molecular weight is 636 g/mol. The number of nitrogens with zero attached hydrogens (tertiary/aromatic N) is 3. The van der Waals surface area contributed by atoms with Crippen LogP contribution in [0.3, 0.4) is 0 Å². The Labute approximate surface area is 276 Å². The Bertz CT molecular complexity index is 1710. The second kappa shape index (κ2) is 15.4. The molecule has 1 atom stereocenters. The molecule has 9 heteroatoms. The van der Waals surface area contributed by atoms with Crippen molar-refractivity contribution < 1.29 is 28.3 Å². The van der Waals surface area contributed by atoms with E-state index in [1.807, 2.05) is 104 Å². The second-order valence-corrected chi connectivity index (χ2v) is 11.7. The van der Waals surface area contributed by atoms with Gasteiger partial charge in [0.2, 0.25) is 5.91 Å². The molecule has 2 amide bonds. The largest absolute Gasteiger partial charge is 0.463 e. The van der Waals surface area contributed by atoms with Crippen LogP contribution in [0.25, 0.3) is 0 Å². The third-order valence-electron chi connectivity index (χ3n) is 8.06. The third kappa shape index (κ3) is 8.37. The summed E-state index contributed by atoms with van der Waals surface area (Å²) < 4.78 is 17.5. The van der Waals surface area contributed by atoms with Crippen molar-refractivity contribution in [1.82, 2.24) is 14.7 Å². The lowest BCUT2D eigenvalue weighted by atomic mass is 9.83. The number of carbonyl (C=O) groups excluding carboxylic acids is 3. The highest BCUT2D eigenvalue weighted by Crippen LogP contribution is 2.39. The number of carbonyl (C=O) groups is 3. The number of allylic oxidation sites excluding steroid dienone is 1. The fourth-order valence-corrected chi connectivity index (χ4v) is 5.65. The van der Waals surface area contributed by atoms with E-state index in [0.717, 1.165) is 11.1 Å². The van der Waals surface area contributed by atoms with Crippen molar-refractivity contribution in [2.75, 3.05) is 33.8 Å². The van der Waals surface area contributed by atoms with Crippen LogP contribution in [0.2, 0.25) is 0 Å². The fraction of sp³-hybridized carbons (Fsp3) is 0.289. The minimum Gasteiger partial charge on any atom is -0.463 e. The first-order chi connectivity index (χ1) is 22.7. The lowest BCUT2D eigenvalue weighted by molar-refractivity contribution is -0.140. The van der Waals surface area contributed by atoms with Gasteiger partial charge in [0.15, 0.2) is 5.76 Å². The highest BCUT2D eigenvalue weighted by Gasteiger charge is 2.37. The minimum absolute atomic E-state index is 0.0577. The molecular weight excluding hydrogens is 594 g/mol. The van der Waals surface area contributed by atoms with Crippen LogP contribution >= 0.6 is 0 Å². The van der Waals surface area contributed by atoms with Gasteiger partial charge in [0, 0.05) is 37.7 Å². The number of likely N-dealkylation sites (N-methyl/N-ethyl adjacent to an activating group) is 1. The molecule has 0 bridgehead atoms. The van der Waals surface area contributed by atoms with Gasteiger partial charge in [0.1, 0.15) is 17.3 Å². The van der Waals surface area contributed by atoms with Gasteiger partial charge in [-0.05, 0) is 75.5 Å². The highest BCUT2D eigenvalue weighted by molar-refractivity contribution is 5.96. The number of hydrogen-bond acceptors (Lipinski definition) is 7. The second-order valence-electron chi connectivity index (χ2n) is 11.7. The third-order valence-corrected chi connectivity index (χ3v) is 8.06. The SMILES string of the molecule is CCOC(=O)C1=C(C)N(Cc2ccc(C(=O)N(CCN(C)C)Cc3ccccc3)o2)C(=O)CC1c1cccc(Oc2ccccc2)c1. The molecule has 9 nitrogen and oxygen atoms in total. The molecule has 1 aliphatic rings. The standard InChI is InChI=1S/C38H41N3O6/c1-5-45-38(44)36-27(2)41(35(42)24-33(36)29-15-12-18-31(23-29)46-30-16-10-7-11-17-30)26-32-19-20-34(47-32)37(43)40(22-21-39(3)4)25-28-13-8-6-9-14-28/h6-20,23,33H,5,21-22,24-26H2,1-4H3. The van der Waals surface area contributed by atoms with E-state index in [-0.39, 0.29) is 37.1 Å². The fourth-order valence-electron chi connectivity index (χ4n) is 5.65. The molecule has 0 spiro atoms. The molecule has 1 aliphatic heterocycles. The van der Waals surface area contributed by atoms with Crippen molar-refractivity contribution in [3.05, 3.63) is 131 Å². The van der Waals surface area contributed by atoms with Gasteiger partial charge in [-0.3, -0.25) is 9.59 Å². The van der Waals surface area contributed by atoms with Gasteiger partial charge in [0.05, 0.1) is 18.7 Å². The van der Waals surface area contributed by atoms with Crippen molar-refractivity contribution in [2.45, 2.75) is 39.3 Å². The maximum absolute atomic E-state index is 13.7. The molecule has 0 saturated carbocycles. The van der Waals surface area contributed by atoms with E-state index in [9.17, 15) is 14.4 Å². The van der Waals surface area contributed by atoms with Crippen LogP contribution in [0.1, 0.15) is 53.6 Å². The van der Waals surface area contributed by atoms with Crippen LogP contribution in [0.5, 0.6) is 11.5 Å². The van der Waals surface area contributed by atoms with Gasteiger partial charge in [-0.15, -0.1) is 0 Å². The monoisotopic (exact) mass is 635 g/mol. The van der Waals surface area contributed by atoms with E-state index < -0.39 is 11.9 Å². The van der Waals surface area contributed by atoms with Crippen molar-refractivity contribution in [3.63, 3.8) is 0 Å². The Morgan fingerprint density at radius 2 is 1.60 bits per heavy atom. The first-order valence-electron chi connectivity index (χ1n) is 15.8. The van der Waals surface area contributed by atoms with Gasteiger partial charge in [-0.1, -0.05) is 60.7 Å². The summed E-state index contributed by atoms with van der Waals surface area (Å²) in [6.07, 6.45) is 0.0577. The molecule has 0 aliphatic carbocycles. The number of esters is 1. The van der Waals surface area contributed by atoms with E-state index in [2.05, 4.69) is 0 Å². The maximum atomic E-state index is 13.7. The van der Waals surface area contributed by atoms with Gasteiger partial charge in [-0.2, -0.15) is 0 Å². The normalized spacial score (nSPS) is 14.8. The number of amides is 2. The molecule has 0 fully saturated rings. The summed E-state index contributed by atoms with van der Waals surface area (Å²) in [6, 6.07) is 30.0. The Morgan fingerprint density at radius 1 is 0.894 bits per heavy atom. The minimum atomic E-state index is -0.519. The smallest absolute Gasteiger partial charge is 0.336 e. The Hall–Kier alpha value is -5.15. The zero-order valence-corrected chi connectivity index (χ0v) is 27.3. The summed E-state index contributed by atoms with van der Waals surface area (Å²) in [7, 11) is 3.93. The summed E-state index contributed by atoms with van der Waals surface area (Å²) in [5.41, 5.74) is 2.68. The Kier molecular flexibility index (Phi) is 10.9. The number of furan rings is 1. The van der Waals surface area contributed by atoms with Crippen molar-refractivity contribution in [1.29, 1.82) is 0 Å². The molecule has 0 saturated heterocycles. The maximum Gasteiger partial charge on any atom is 0.336 e. The summed E-state index contributed by atoms with van der Waals surface area (Å²) in [5, 5.41) is 0. The number of rotatable bonds is 13. The van der Waals surface area contributed by atoms with Crippen LogP contribution in [0, 0.1) is 0 Å². The summed E-state index contributed by atoms with van der Waals surface area (Å²) in [4.78, 5) is 46.0. The predicted molar refractivity (Wildman–Crippen MR) is 179 cm³/mol. The summed E-state index contributed by atoms with van der Waals surface area (Å²) in [6.45, 7) is 5.42. The molecule has 2 heterocycles. The van der Waals surface area contributed by atoms with Gasteiger partial charge in [0.25, 0.3) is 5.91 Å². The Morgan fingerprint density at radius 3 is 2.30 bits per heavy atom. The van der Waals surface area contributed by atoms with Crippen molar-refractivity contribution in [3.8, 4) is 11.5 Å². The molecule has 0 radical (unpaired) electrons. The number of benzene rings is 3. The van der Waals surface area contributed by atoms with E-state index >= 15 is 0 Å². The van der Waals surface area contributed by atoms with Crippen LogP contribution in [-0.4, -0.2) is 66.3 Å². The molecular formula is C38H41N3O6. The van der Waals surface area contributed by atoms with Crippen molar-refractivity contribution in [2.24, 2.45) is 0 Å². The highest BCUT2D eigenvalue weighted by atomic mass is 16.5. The molecule has 1 aromatic heterocycles. The zero-order chi connectivity index (χ0) is 33.3. The average Bonchev–Trinajstić information content (AvgIpc) is 3.54. The molecule has 5 rings (SSSR count). The van der Waals surface area contributed by atoms with E-state index in [1.54, 1.807) is 30.9 Å². The van der Waals surface area contributed by atoms with Gasteiger partial charge >= 0.3 is 5.97 Å². The molecule has 0 N–H and O–H groups in total. The quantitative estimate of drug-likeness (QED) is 0.152. The molecule has 1 unspecified atom stereocenters. The number of para-hydroxylation sites is 1. The lowest BCUT2D eigenvalue weighted by Gasteiger charge is -2.34. The predicted octanol–water partition coefficient (Wildman–Crippen LogP) is 6.63. The Balaban J connectivity index is 1.38. The topological polar surface area (TPSA) is 92.5 Å². The van der Waals surface area contributed by atoms with Crippen LogP contribution in [0.15, 0.2) is 113 Å². The van der Waals surface area contributed by atoms with Crippen LogP contribution in [0.4, 0.5) is 0 Å². The zero-order valence-electron chi connectivity index (χ0n) is 27.3.